The Morgan fingerprint density at radius 3 is 2.80 bits per heavy atom. The Bertz CT molecular complexity index is 732. The molecule has 1 aliphatic heterocycles. The molecule has 0 fully saturated rings. The molecule has 2 N–H and O–H groups in total. The quantitative estimate of drug-likeness (QED) is 0.790. The summed E-state index contributed by atoms with van der Waals surface area (Å²) in [6.07, 6.45) is 2.00. The fraction of sp³-hybridized carbons (Fsp3) is 0.350. The SMILES string of the molecule is COc1ccccc1NC(=O)NCCCN1c2ccccc2CC1C. The molecule has 0 aromatic heterocycles. The summed E-state index contributed by atoms with van der Waals surface area (Å²) in [4.78, 5) is 14.5. The van der Waals surface area contributed by atoms with Crippen molar-refractivity contribution in [3.8, 4) is 5.75 Å². The van der Waals surface area contributed by atoms with Gasteiger partial charge in [0.15, 0.2) is 0 Å². The topological polar surface area (TPSA) is 53.6 Å². The number of para-hydroxylation sites is 3. The smallest absolute Gasteiger partial charge is 0.319 e. The Hall–Kier alpha value is -2.69. The monoisotopic (exact) mass is 339 g/mol. The summed E-state index contributed by atoms with van der Waals surface area (Å²) >= 11 is 0. The summed E-state index contributed by atoms with van der Waals surface area (Å²) in [7, 11) is 1.59. The lowest BCUT2D eigenvalue weighted by Crippen LogP contribution is -2.34. The van der Waals surface area contributed by atoms with Crippen LogP contribution >= 0.6 is 0 Å². The van der Waals surface area contributed by atoms with Crippen molar-refractivity contribution in [3.05, 3.63) is 54.1 Å². The average Bonchev–Trinajstić information content (AvgIpc) is 2.94. The largest absolute Gasteiger partial charge is 0.495 e. The van der Waals surface area contributed by atoms with Crippen molar-refractivity contribution >= 4 is 17.4 Å². The molecule has 0 saturated carbocycles. The number of amides is 2. The first-order valence-corrected chi connectivity index (χ1v) is 8.71. The zero-order valence-electron chi connectivity index (χ0n) is 14.8. The molecule has 0 saturated heterocycles. The molecular formula is C20H25N3O2. The number of benzene rings is 2. The van der Waals surface area contributed by atoms with Gasteiger partial charge in [0.1, 0.15) is 5.75 Å². The van der Waals surface area contributed by atoms with E-state index >= 15 is 0 Å². The number of fused-ring (bicyclic) bond motifs is 1. The van der Waals surface area contributed by atoms with Crippen LogP contribution in [0.4, 0.5) is 16.2 Å². The average molecular weight is 339 g/mol. The van der Waals surface area contributed by atoms with Crippen LogP contribution in [0.3, 0.4) is 0 Å². The third kappa shape index (κ3) is 4.05. The maximum atomic E-state index is 12.0. The zero-order valence-corrected chi connectivity index (χ0v) is 14.8. The summed E-state index contributed by atoms with van der Waals surface area (Å²) < 4.78 is 5.24. The van der Waals surface area contributed by atoms with Gasteiger partial charge in [-0.15, -0.1) is 0 Å². The van der Waals surface area contributed by atoms with Crippen molar-refractivity contribution in [3.63, 3.8) is 0 Å². The molecule has 0 spiro atoms. The van der Waals surface area contributed by atoms with Crippen LogP contribution in [0, 0.1) is 0 Å². The number of rotatable bonds is 6. The van der Waals surface area contributed by atoms with E-state index in [2.05, 4.69) is 46.7 Å². The van der Waals surface area contributed by atoms with Crippen LogP contribution in [-0.4, -0.2) is 32.3 Å². The fourth-order valence-corrected chi connectivity index (χ4v) is 3.34. The maximum absolute atomic E-state index is 12.0. The second kappa shape index (κ2) is 7.92. The second-order valence-corrected chi connectivity index (χ2v) is 6.31. The molecule has 5 nitrogen and oxygen atoms in total. The lowest BCUT2D eigenvalue weighted by Gasteiger charge is -2.25. The summed E-state index contributed by atoms with van der Waals surface area (Å²) in [6, 6.07) is 16.2. The molecule has 2 aromatic carbocycles. The van der Waals surface area contributed by atoms with Gasteiger partial charge in [0.2, 0.25) is 0 Å². The number of urea groups is 1. The van der Waals surface area contributed by atoms with E-state index in [1.54, 1.807) is 7.11 Å². The van der Waals surface area contributed by atoms with E-state index in [4.69, 9.17) is 4.74 Å². The van der Waals surface area contributed by atoms with Crippen LogP contribution in [0.25, 0.3) is 0 Å². The predicted molar refractivity (Wildman–Crippen MR) is 102 cm³/mol. The minimum absolute atomic E-state index is 0.209. The zero-order chi connectivity index (χ0) is 17.6. The van der Waals surface area contributed by atoms with Crippen molar-refractivity contribution in [1.82, 2.24) is 5.32 Å². The third-order valence-electron chi connectivity index (χ3n) is 4.56. The molecule has 0 aliphatic carbocycles. The summed E-state index contributed by atoms with van der Waals surface area (Å²) in [5.41, 5.74) is 3.41. The van der Waals surface area contributed by atoms with Crippen LogP contribution in [0.1, 0.15) is 18.9 Å². The molecule has 2 aromatic rings. The Balaban J connectivity index is 1.45. The highest BCUT2D eigenvalue weighted by Gasteiger charge is 2.24. The van der Waals surface area contributed by atoms with Crippen LogP contribution in [0.2, 0.25) is 0 Å². The number of nitrogens with zero attached hydrogens (tertiary/aromatic N) is 1. The van der Waals surface area contributed by atoms with Crippen molar-refractivity contribution in [2.45, 2.75) is 25.8 Å². The first-order valence-electron chi connectivity index (χ1n) is 8.71. The van der Waals surface area contributed by atoms with Crippen LogP contribution in [0.5, 0.6) is 5.75 Å². The van der Waals surface area contributed by atoms with Gasteiger partial charge in [0.05, 0.1) is 12.8 Å². The van der Waals surface area contributed by atoms with Crippen LogP contribution < -0.4 is 20.3 Å². The number of nitrogens with one attached hydrogen (secondary N) is 2. The second-order valence-electron chi connectivity index (χ2n) is 6.31. The third-order valence-corrected chi connectivity index (χ3v) is 4.56. The molecule has 25 heavy (non-hydrogen) atoms. The highest BCUT2D eigenvalue weighted by Crippen LogP contribution is 2.31. The Labute approximate surface area is 149 Å². The first-order chi connectivity index (χ1) is 12.2. The Morgan fingerprint density at radius 2 is 1.96 bits per heavy atom. The number of hydrogen-bond donors (Lipinski definition) is 2. The molecule has 132 valence electrons. The van der Waals surface area contributed by atoms with Gasteiger partial charge < -0.3 is 20.3 Å². The van der Waals surface area contributed by atoms with Gasteiger partial charge >= 0.3 is 6.03 Å². The fourth-order valence-electron chi connectivity index (χ4n) is 3.34. The minimum Gasteiger partial charge on any atom is -0.495 e. The van der Waals surface area contributed by atoms with E-state index in [0.717, 1.165) is 19.4 Å². The van der Waals surface area contributed by atoms with Gasteiger partial charge in [0, 0.05) is 24.8 Å². The Kier molecular flexibility index (Phi) is 5.43. The predicted octanol–water partition coefficient (Wildman–Crippen LogP) is 3.66. The van der Waals surface area contributed by atoms with Gasteiger partial charge in [-0.05, 0) is 43.5 Å². The lowest BCUT2D eigenvalue weighted by molar-refractivity contribution is 0.252. The minimum atomic E-state index is -0.209. The van der Waals surface area contributed by atoms with Gasteiger partial charge in [0.25, 0.3) is 0 Å². The van der Waals surface area contributed by atoms with Crippen molar-refractivity contribution < 1.29 is 9.53 Å². The molecule has 1 heterocycles. The van der Waals surface area contributed by atoms with Crippen LogP contribution in [0.15, 0.2) is 48.5 Å². The molecule has 5 heteroatoms. The maximum Gasteiger partial charge on any atom is 0.319 e. The number of methoxy groups -OCH3 is 1. The van der Waals surface area contributed by atoms with E-state index in [1.807, 2.05) is 24.3 Å². The highest BCUT2D eigenvalue weighted by molar-refractivity contribution is 5.90. The number of carbonyl (C=O) groups is 1. The standard InChI is InChI=1S/C20H25N3O2/c1-15-14-16-8-3-5-10-18(16)23(15)13-7-12-21-20(24)22-17-9-4-6-11-19(17)25-2/h3-6,8-11,15H,7,12-14H2,1-2H3,(H2,21,22,24). The van der Waals surface area contributed by atoms with Crippen molar-refractivity contribution in [2.75, 3.05) is 30.4 Å². The molecule has 1 atom stereocenters. The molecule has 2 amide bonds. The van der Waals surface area contributed by atoms with E-state index < -0.39 is 0 Å². The number of ether oxygens (including phenoxy) is 1. The Morgan fingerprint density at radius 1 is 1.20 bits per heavy atom. The van der Waals surface area contributed by atoms with E-state index in [9.17, 15) is 4.79 Å². The van der Waals surface area contributed by atoms with E-state index in [1.165, 1.54) is 11.3 Å². The summed E-state index contributed by atoms with van der Waals surface area (Å²) in [5.74, 6) is 0.653. The normalized spacial score (nSPS) is 15.6. The molecule has 0 radical (unpaired) electrons. The van der Waals surface area contributed by atoms with E-state index in [0.29, 0.717) is 24.0 Å². The van der Waals surface area contributed by atoms with Gasteiger partial charge in [-0.25, -0.2) is 4.79 Å². The van der Waals surface area contributed by atoms with E-state index in [-0.39, 0.29) is 6.03 Å². The summed E-state index contributed by atoms with van der Waals surface area (Å²) in [6.45, 7) is 3.82. The van der Waals surface area contributed by atoms with Crippen molar-refractivity contribution in [2.24, 2.45) is 0 Å². The van der Waals surface area contributed by atoms with Gasteiger partial charge in [-0.3, -0.25) is 0 Å². The first kappa shape index (κ1) is 17.1. The number of carbonyl (C=O) groups excluding carboxylic acids is 1. The number of anilines is 2. The number of hydrogen-bond acceptors (Lipinski definition) is 3. The van der Waals surface area contributed by atoms with Crippen molar-refractivity contribution in [1.29, 1.82) is 0 Å². The highest BCUT2D eigenvalue weighted by atomic mass is 16.5. The van der Waals surface area contributed by atoms with Gasteiger partial charge in [-0.1, -0.05) is 30.3 Å². The molecule has 1 aliphatic rings. The summed E-state index contributed by atoms with van der Waals surface area (Å²) in [5, 5.41) is 5.74. The molecule has 3 rings (SSSR count). The molecule has 1 unspecified atom stereocenters. The lowest BCUT2D eigenvalue weighted by atomic mass is 10.1. The van der Waals surface area contributed by atoms with Crippen LogP contribution in [-0.2, 0) is 6.42 Å². The molecular weight excluding hydrogens is 314 g/mol. The molecule has 0 bridgehead atoms. The van der Waals surface area contributed by atoms with Gasteiger partial charge in [-0.2, -0.15) is 0 Å².